The van der Waals surface area contributed by atoms with Crippen LogP contribution in [0.5, 0.6) is 0 Å². The molecule has 0 saturated carbocycles. The van der Waals surface area contributed by atoms with E-state index in [1.54, 1.807) is 0 Å². The second-order valence-corrected chi connectivity index (χ2v) is 4.86. The van der Waals surface area contributed by atoms with Crippen molar-refractivity contribution in [3.05, 3.63) is 0 Å². The van der Waals surface area contributed by atoms with Gasteiger partial charge in [-0.2, -0.15) is 0 Å². The highest BCUT2D eigenvalue weighted by Gasteiger charge is 2.27. The monoisotopic (exact) mass is 247 g/mol. The molecule has 0 aromatic carbocycles. The predicted octanol–water partition coefficient (Wildman–Crippen LogP) is 2.28. The number of hydrogen-bond acceptors (Lipinski definition) is 1. The molecule has 0 spiro atoms. The smallest absolute Gasteiger partial charge is 0.223 e. The molecular weight excluding hydrogens is 230 g/mol. The minimum absolute atomic E-state index is 0.306. The van der Waals surface area contributed by atoms with Gasteiger partial charge in [0.15, 0.2) is 0 Å². The van der Waals surface area contributed by atoms with Crippen molar-refractivity contribution in [3.63, 3.8) is 0 Å². The van der Waals surface area contributed by atoms with Crippen LogP contribution in [0.25, 0.3) is 0 Å². The van der Waals surface area contributed by atoms with Gasteiger partial charge in [-0.3, -0.25) is 4.79 Å². The first kappa shape index (κ1) is 11.0. The summed E-state index contributed by atoms with van der Waals surface area (Å²) in [6, 6.07) is 0. The maximum Gasteiger partial charge on any atom is 0.223 e. The molecule has 1 fully saturated rings. The third-order valence-corrected chi connectivity index (χ3v) is 3.23. The number of nitrogens with zero attached hydrogens (tertiary/aromatic N) is 1. The fraction of sp³-hybridized carbons (Fsp3) is 0.900. The van der Waals surface area contributed by atoms with Crippen molar-refractivity contribution in [1.82, 2.24) is 4.90 Å². The van der Waals surface area contributed by atoms with Crippen molar-refractivity contribution in [1.29, 1.82) is 0 Å². The lowest BCUT2D eigenvalue weighted by Crippen LogP contribution is -2.29. The maximum absolute atomic E-state index is 11.5. The summed E-state index contributed by atoms with van der Waals surface area (Å²) in [6.45, 7) is 6.42. The van der Waals surface area contributed by atoms with E-state index in [1.165, 1.54) is 6.42 Å². The van der Waals surface area contributed by atoms with Crippen LogP contribution in [0.2, 0.25) is 0 Å². The van der Waals surface area contributed by atoms with Crippen LogP contribution in [0, 0.1) is 11.8 Å². The Morgan fingerprint density at radius 2 is 2.31 bits per heavy atom. The molecule has 0 bridgehead atoms. The van der Waals surface area contributed by atoms with Gasteiger partial charge in [-0.25, -0.2) is 0 Å². The number of likely N-dealkylation sites (tertiary alicyclic amines) is 1. The summed E-state index contributed by atoms with van der Waals surface area (Å²) in [7, 11) is 0. The average molecular weight is 248 g/mol. The molecule has 1 aliphatic heterocycles. The number of rotatable bonds is 3. The van der Waals surface area contributed by atoms with Crippen LogP contribution in [0.3, 0.4) is 0 Å². The highest BCUT2D eigenvalue weighted by atomic mass is 79.9. The van der Waals surface area contributed by atoms with Crippen molar-refractivity contribution in [3.8, 4) is 0 Å². The lowest BCUT2D eigenvalue weighted by molar-refractivity contribution is -0.129. The van der Waals surface area contributed by atoms with Gasteiger partial charge in [0.1, 0.15) is 0 Å². The van der Waals surface area contributed by atoms with E-state index in [-0.39, 0.29) is 0 Å². The molecule has 76 valence electrons. The lowest BCUT2D eigenvalue weighted by atomic mass is 9.95. The molecule has 0 N–H and O–H groups in total. The van der Waals surface area contributed by atoms with Crippen molar-refractivity contribution in [2.75, 3.05) is 18.4 Å². The fourth-order valence-corrected chi connectivity index (χ4v) is 2.14. The van der Waals surface area contributed by atoms with E-state index in [4.69, 9.17) is 0 Å². The first-order valence-corrected chi connectivity index (χ1v) is 6.11. The van der Waals surface area contributed by atoms with Gasteiger partial charge in [0.2, 0.25) is 5.91 Å². The third kappa shape index (κ3) is 2.97. The van der Waals surface area contributed by atoms with E-state index >= 15 is 0 Å². The predicted molar refractivity (Wildman–Crippen MR) is 57.9 cm³/mol. The van der Waals surface area contributed by atoms with E-state index in [9.17, 15) is 4.79 Å². The van der Waals surface area contributed by atoms with Crippen molar-refractivity contribution >= 4 is 21.8 Å². The van der Waals surface area contributed by atoms with Crippen LogP contribution in [0.4, 0.5) is 0 Å². The quantitative estimate of drug-likeness (QED) is 0.701. The Bertz CT molecular complexity index is 182. The van der Waals surface area contributed by atoms with E-state index in [1.807, 2.05) is 4.90 Å². The molecule has 1 rings (SSSR count). The average Bonchev–Trinajstić information content (AvgIpc) is 2.52. The molecule has 0 aromatic heterocycles. The molecule has 1 unspecified atom stereocenters. The number of hydrogen-bond donors (Lipinski definition) is 0. The van der Waals surface area contributed by atoms with Gasteiger partial charge >= 0.3 is 0 Å². The second-order valence-electron chi connectivity index (χ2n) is 4.07. The zero-order chi connectivity index (χ0) is 9.84. The van der Waals surface area contributed by atoms with Gasteiger partial charge in [-0.05, 0) is 18.3 Å². The number of alkyl halides is 1. The molecule has 1 amide bonds. The van der Waals surface area contributed by atoms with Crippen LogP contribution in [-0.2, 0) is 4.79 Å². The third-order valence-electron chi connectivity index (χ3n) is 2.83. The minimum Gasteiger partial charge on any atom is -0.342 e. The van der Waals surface area contributed by atoms with Gasteiger partial charge in [0.25, 0.3) is 0 Å². The van der Waals surface area contributed by atoms with Crippen molar-refractivity contribution < 1.29 is 4.79 Å². The Morgan fingerprint density at radius 1 is 1.62 bits per heavy atom. The largest absolute Gasteiger partial charge is 0.342 e. The molecular formula is C10H18BrNO. The van der Waals surface area contributed by atoms with Gasteiger partial charge in [0, 0.05) is 24.8 Å². The second kappa shape index (κ2) is 4.99. The van der Waals surface area contributed by atoms with Crippen molar-refractivity contribution in [2.45, 2.75) is 26.7 Å². The Balaban J connectivity index is 2.36. The summed E-state index contributed by atoms with van der Waals surface area (Å²) >= 11 is 3.29. The van der Waals surface area contributed by atoms with Gasteiger partial charge < -0.3 is 4.90 Å². The van der Waals surface area contributed by atoms with Gasteiger partial charge in [-0.15, -0.1) is 0 Å². The molecule has 1 aliphatic rings. The number of amides is 1. The molecule has 1 heterocycles. The SMILES string of the molecule is CC(C)C1CCN(C(=O)CCBr)C1. The van der Waals surface area contributed by atoms with Crippen LogP contribution in [0.1, 0.15) is 26.7 Å². The summed E-state index contributed by atoms with van der Waals surface area (Å²) in [4.78, 5) is 13.5. The van der Waals surface area contributed by atoms with Crippen LogP contribution >= 0.6 is 15.9 Å². The first-order valence-electron chi connectivity index (χ1n) is 4.99. The Morgan fingerprint density at radius 3 is 2.77 bits per heavy atom. The topological polar surface area (TPSA) is 20.3 Å². The Labute approximate surface area is 88.8 Å². The van der Waals surface area contributed by atoms with E-state index < -0.39 is 0 Å². The fourth-order valence-electron chi connectivity index (χ4n) is 1.80. The molecule has 0 aromatic rings. The normalized spacial score (nSPS) is 22.8. The number of carbonyl (C=O) groups is 1. The summed E-state index contributed by atoms with van der Waals surface area (Å²) in [5, 5.41) is 0.786. The van der Waals surface area contributed by atoms with Crippen molar-refractivity contribution in [2.24, 2.45) is 11.8 Å². The molecule has 0 radical (unpaired) electrons. The molecule has 3 heteroatoms. The first-order chi connectivity index (χ1) is 6.15. The molecule has 13 heavy (non-hydrogen) atoms. The Kier molecular flexibility index (Phi) is 4.23. The molecule has 2 nitrogen and oxygen atoms in total. The van der Waals surface area contributed by atoms with Crippen LogP contribution in [-0.4, -0.2) is 29.2 Å². The summed E-state index contributed by atoms with van der Waals surface area (Å²) < 4.78 is 0. The van der Waals surface area contributed by atoms with Gasteiger partial charge in [0.05, 0.1) is 0 Å². The van der Waals surface area contributed by atoms with E-state index in [0.29, 0.717) is 18.2 Å². The van der Waals surface area contributed by atoms with E-state index in [2.05, 4.69) is 29.8 Å². The number of halogens is 1. The summed E-state index contributed by atoms with van der Waals surface area (Å²) in [6.07, 6.45) is 1.83. The van der Waals surface area contributed by atoms with Crippen LogP contribution in [0.15, 0.2) is 0 Å². The summed E-state index contributed by atoms with van der Waals surface area (Å²) in [5.41, 5.74) is 0. The molecule has 1 atom stereocenters. The minimum atomic E-state index is 0.306. The lowest BCUT2D eigenvalue weighted by Gasteiger charge is -2.17. The highest BCUT2D eigenvalue weighted by molar-refractivity contribution is 9.09. The number of carbonyl (C=O) groups excluding carboxylic acids is 1. The van der Waals surface area contributed by atoms with Crippen LogP contribution < -0.4 is 0 Å². The molecule has 1 saturated heterocycles. The Hall–Kier alpha value is -0.0500. The zero-order valence-electron chi connectivity index (χ0n) is 8.42. The highest BCUT2D eigenvalue weighted by Crippen LogP contribution is 2.23. The molecule has 0 aliphatic carbocycles. The van der Waals surface area contributed by atoms with E-state index in [0.717, 1.165) is 24.3 Å². The maximum atomic E-state index is 11.5. The van der Waals surface area contributed by atoms with Gasteiger partial charge in [-0.1, -0.05) is 29.8 Å². The standard InChI is InChI=1S/C10H18BrNO/c1-8(2)9-4-6-12(7-9)10(13)3-5-11/h8-9H,3-7H2,1-2H3. The summed E-state index contributed by atoms with van der Waals surface area (Å²) in [5.74, 6) is 1.74. The zero-order valence-corrected chi connectivity index (χ0v) is 10.0.